The van der Waals surface area contributed by atoms with Gasteiger partial charge in [-0.15, -0.1) is 0 Å². The molecule has 4 rings (SSSR count). The van der Waals surface area contributed by atoms with Crippen LogP contribution in [0.5, 0.6) is 0 Å². The highest BCUT2D eigenvalue weighted by molar-refractivity contribution is 5.94. The molecule has 2 aliphatic rings. The van der Waals surface area contributed by atoms with Gasteiger partial charge in [0.1, 0.15) is 0 Å². The number of hydrogen-bond donors (Lipinski definition) is 1. The number of carboxylic acid groups (broad SMARTS) is 1. The highest BCUT2D eigenvalue weighted by Crippen LogP contribution is 2.42. The SMILES string of the molecule is Cc1cccc(C(=O)N2CCC3(CC2)OCCC3CCOCc2ccccn2)c1.O=C(O)C(F)(F)F. The van der Waals surface area contributed by atoms with Crippen LogP contribution in [-0.4, -0.2) is 64.9 Å². The number of aromatic nitrogens is 1. The number of benzene rings is 1. The van der Waals surface area contributed by atoms with E-state index in [1.54, 1.807) is 6.20 Å². The van der Waals surface area contributed by atoms with Crippen molar-refractivity contribution in [2.45, 2.75) is 51.0 Å². The molecular weight excluding hydrogens is 477 g/mol. The summed E-state index contributed by atoms with van der Waals surface area (Å²) in [5, 5.41) is 7.12. The predicted octanol–water partition coefficient (Wildman–Crippen LogP) is 4.64. The molecule has 0 aliphatic carbocycles. The molecular formula is C26H31F3N2O5. The van der Waals surface area contributed by atoms with E-state index in [-0.39, 0.29) is 11.5 Å². The minimum atomic E-state index is -5.08. The van der Waals surface area contributed by atoms with Crippen molar-refractivity contribution in [3.8, 4) is 0 Å². The normalized spacial score (nSPS) is 19.0. The molecule has 1 aromatic carbocycles. The number of likely N-dealkylation sites (tertiary alicyclic amines) is 1. The summed E-state index contributed by atoms with van der Waals surface area (Å²) in [6.07, 6.45) is 0.618. The smallest absolute Gasteiger partial charge is 0.475 e. The van der Waals surface area contributed by atoms with Crippen molar-refractivity contribution in [2.24, 2.45) is 5.92 Å². The summed E-state index contributed by atoms with van der Waals surface area (Å²) in [5.74, 6) is -2.12. The number of ether oxygens (including phenoxy) is 2. The van der Waals surface area contributed by atoms with Crippen LogP contribution in [0.2, 0.25) is 0 Å². The molecule has 0 radical (unpaired) electrons. The van der Waals surface area contributed by atoms with Gasteiger partial charge in [-0.2, -0.15) is 13.2 Å². The fourth-order valence-electron chi connectivity index (χ4n) is 4.68. The van der Waals surface area contributed by atoms with Gasteiger partial charge in [0.25, 0.3) is 5.91 Å². The Kier molecular flexibility index (Phi) is 9.44. The van der Waals surface area contributed by atoms with Gasteiger partial charge in [-0.25, -0.2) is 4.79 Å². The zero-order valence-electron chi connectivity index (χ0n) is 20.2. The van der Waals surface area contributed by atoms with Gasteiger partial charge in [-0.3, -0.25) is 9.78 Å². The molecule has 2 fully saturated rings. The largest absolute Gasteiger partial charge is 0.490 e. The average Bonchev–Trinajstić information content (AvgIpc) is 3.24. The number of aliphatic carboxylic acids is 1. The molecule has 1 amide bonds. The lowest BCUT2D eigenvalue weighted by molar-refractivity contribution is -0.192. The topological polar surface area (TPSA) is 89.0 Å². The summed E-state index contributed by atoms with van der Waals surface area (Å²) in [7, 11) is 0. The second kappa shape index (κ2) is 12.3. The molecule has 1 spiro atoms. The molecule has 3 heterocycles. The maximum Gasteiger partial charge on any atom is 0.490 e. The number of pyridine rings is 1. The van der Waals surface area contributed by atoms with Crippen LogP contribution in [-0.2, 0) is 20.9 Å². The van der Waals surface area contributed by atoms with Crippen molar-refractivity contribution in [1.29, 1.82) is 0 Å². The Labute approximate surface area is 208 Å². The molecule has 2 aliphatic heterocycles. The molecule has 1 N–H and O–H groups in total. The van der Waals surface area contributed by atoms with E-state index in [4.69, 9.17) is 19.4 Å². The molecule has 0 bridgehead atoms. The van der Waals surface area contributed by atoms with Gasteiger partial charge in [0.05, 0.1) is 17.9 Å². The van der Waals surface area contributed by atoms with Crippen LogP contribution in [0.4, 0.5) is 13.2 Å². The highest BCUT2D eigenvalue weighted by Gasteiger charge is 2.46. The summed E-state index contributed by atoms with van der Waals surface area (Å²) in [5.41, 5.74) is 2.78. The third-order valence-corrected chi connectivity index (χ3v) is 6.59. The van der Waals surface area contributed by atoms with Crippen molar-refractivity contribution >= 4 is 11.9 Å². The minimum absolute atomic E-state index is 0.0856. The fraction of sp³-hybridized carbons (Fsp3) is 0.500. The number of hydrogen-bond acceptors (Lipinski definition) is 5. The maximum absolute atomic E-state index is 12.8. The van der Waals surface area contributed by atoms with Crippen molar-refractivity contribution < 1.29 is 37.3 Å². The highest BCUT2D eigenvalue weighted by atomic mass is 19.4. The van der Waals surface area contributed by atoms with Gasteiger partial charge < -0.3 is 19.5 Å². The summed E-state index contributed by atoms with van der Waals surface area (Å²) in [6.45, 7) is 5.64. The van der Waals surface area contributed by atoms with Crippen LogP contribution in [0, 0.1) is 12.8 Å². The summed E-state index contributed by atoms with van der Waals surface area (Å²) >= 11 is 0. The lowest BCUT2D eigenvalue weighted by atomic mass is 9.78. The number of carbonyl (C=O) groups excluding carboxylic acids is 1. The molecule has 2 aromatic rings. The Morgan fingerprint density at radius 3 is 2.53 bits per heavy atom. The van der Waals surface area contributed by atoms with E-state index in [9.17, 15) is 18.0 Å². The molecule has 1 atom stereocenters. The van der Waals surface area contributed by atoms with E-state index >= 15 is 0 Å². The maximum atomic E-state index is 12.8. The summed E-state index contributed by atoms with van der Waals surface area (Å²) < 4.78 is 43.9. The number of nitrogens with zero attached hydrogens (tertiary/aromatic N) is 2. The third-order valence-electron chi connectivity index (χ3n) is 6.59. The van der Waals surface area contributed by atoms with E-state index in [0.717, 1.165) is 68.8 Å². The Hall–Kier alpha value is -2.98. The first-order chi connectivity index (χ1) is 17.1. The van der Waals surface area contributed by atoms with Crippen LogP contribution in [0.1, 0.15) is 47.3 Å². The monoisotopic (exact) mass is 508 g/mol. The second-order valence-electron chi connectivity index (χ2n) is 9.03. The lowest BCUT2D eigenvalue weighted by Gasteiger charge is -2.42. The molecule has 7 nitrogen and oxygen atoms in total. The molecule has 10 heteroatoms. The van der Waals surface area contributed by atoms with Crippen molar-refractivity contribution in [2.75, 3.05) is 26.3 Å². The number of carbonyl (C=O) groups is 2. The first-order valence-electron chi connectivity index (χ1n) is 11.9. The number of carboxylic acids is 1. The number of amides is 1. The summed E-state index contributed by atoms with van der Waals surface area (Å²) in [4.78, 5) is 28.0. The van der Waals surface area contributed by atoms with Crippen LogP contribution < -0.4 is 0 Å². The van der Waals surface area contributed by atoms with E-state index in [2.05, 4.69) is 4.98 Å². The van der Waals surface area contributed by atoms with E-state index in [1.807, 2.05) is 54.3 Å². The quantitative estimate of drug-likeness (QED) is 0.572. The number of rotatable bonds is 6. The van der Waals surface area contributed by atoms with Crippen LogP contribution in [0.3, 0.4) is 0 Å². The molecule has 0 saturated carbocycles. The minimum Gasteiger partial charge on any atom is -0.475 e. The van der Waals surface area contributed by atoms with E-state index in [0.29, 0.717) is 12.5 Å². The van der Waals surface area contributed by atoms with Gasteiger partial charge >= 0.3 is 12.1 Å². The standard InChI is InChI=1S/C24H30N2O3.C2HF3O2/c1-19-5-4-6-20(17-19)23(27)26-13-10-24(11-14-26)21(9-16-29-24)8-15-28-18-22-7-2-3-12-25-22;3-2(4,5)1(6)7/h2-7,12,17,21H,8-11,13-16,18H2,1H3;(H,6,7). The van der Waals surface area contributed by atoms with E-state index < -0.39 is 12.1 Å². The molecule has 2 saturated heterocycles. The Morgan fingerprint density at radius 1 is 1.19 bits per heavy atom. The van der Waals surface area contributed by atoms with Gasteiger partial charge in [-0.05, 0) is 62.8 Å². The number of halogens is 3. The lowest BCUT2D eigenvalue weighted by Crippen LogP contribution is -2.49. The van der Waals surface area contributed by atoms with E-state index in [1.165, 1.54) is 0 Å². The molecule has 1 aromatic heterocycles. The second-order valence-corrected chi connectivity index (χ2v) is 9.03. The average molecular weight is 509 g/mol. The first-order valence-corrected chi connectivity index (χ1v) is 11.9. The van der Waals surface area contributed by atoms with Crippen LogP contribution >= 0.6 is 0 Å². The first kappa shape index (κ1) is 27.6. The summed E-state index contributed by atoms with van der Waals surface area (Å²) in [6, 6.07) is 13.7. The Morgan fingerprint density at radius 2 is 1.92 bits per heavy atom. The zero-order valence-corrected chi connectivity index (χ0v) is 20.2. The van der Waals surface area contributed by atoms with Crippen LogP contribution in [0.25, 0.3) is 0 Å². The third kappa shape index (κ3) is 7.51. The molecule has 36 heavy (non-hydrogen) atoms. The zero-order chi connectivity index (χ0) is 26.2. The Bertz CT molecular complexity index is 1010. The van der Waals surface area contributed by atoms with Gasteiger partial charge in [0.2, 0.25) is 0 Å². The predicted molar refractivity (Wildman–Crippen MR) is 125 cm³/mol. The number of alkyl halides is 3. The number of aryl methyl sites for hydroxylation is 1. The van der Waals surface area contributed by atoms with Gasteiger partial charge in [0, 0.05) is 38.1 Å². The molecule has 196 valence electrons. The van der Waals surface area contributed by atoms with Crippen LogP contribution in [0.15, 0.2) is 48.7 Å². The van der Waals surface area contributed by atoms with Crippen molar-refractivity contribution in [1.82, 2.24) is 9.88 Å². The fourth-order valence-corrected chi connectivity index (χ4v) is 4.68. The molecule has 1 unspecified atom stereocenters. The van der Waals surface area contributed by atoms with Gasteiger partial charge in [-0.1, -0.05) is 23.8 Å². The van der Waals surface area contributed by atoms with Crippen molar-refractivity contribution in [3.63, 3.8) is 0 Å². The number of piperidine rings is 1. The van der Waals surface area contributed by atoms with Crippen molar-refractivity contribution in [3.05, 3.63) is 65.5 Å². The Balaban J connectivity index is 0.000000454. The van der Waals surface area contributed by atoms with Gasteiger partial charge in [0.15, 0.2) is 0 Å².